The van der Waals surface area contributed by atoms with E-state index in [0.717, 1.165) is 28.4 Å². The molecule has 0 radical (unpaired) electrons. The van der Waals surface area contributed by atoms with Crippen LogP contribution < -0.4 is 5.32 Å². The van der Waals surface area contributed by atoms with Gasteiger partial charge in [-0.2, -0.15) is 0 Å². The van der Waals surface area contributed by atoms with Crippen LogP contribution in [0.1, 0.15) is 31.3 Å². The van der Waals surface area contributed by atoms with Crippen LogP contribution in [0.25, 0.3) is 0 Å². The number of methoxy groups -OCH3 is 2. The largest absolute Gasteiger partial charge is 0.384 e. The first-order valence-electron chi connectivity index (χ1n) is 5.92. The number of ether oxygens (including phenoxy) is 2. The average Bonchev–Trinajstić information content (AvgIpc) is 2.34. The van der Waals surface area contributed by atoms with Crippen molar-refractivity contribution in [3.8, 4) is 0 Å². The normalized spacial score (nSPS) is 12.5. The summed E-state index contributed by atoms with van der Waals surface area (Å²) in [5, 5.41) is 3.22. The van der Waals surface area contributed by atoms with Gasteiger partial charge in [0.2, 0.25) is 0 Å². The van der Waals surface area contributed by atoms with E-state index in [-0.39, 0.29) is 5.92 Å². The van der Waals surface area contributed by atoms with Crippen LogP contribution in [0.5, 0.6) is 0 Å². The van der Waals surface area contributed by atoms with E-state index < -0.39 is 0 Å². The van der Waals surface area contributed by atoms with E-state index in [2.05, 4.69) is 31.2 Å². The molecule has 0 amide bonds. The van der Waals surface area contributed by atoms with E-state index in [9.17, 15) is 0 Å². The number of nitrogens with one attached hydrogen (secondary N) is 1. The SMILES string of the molecule is CCNc1nc(C(C)COC)nc(COC)c1Br. The highest BCUT2D eigenvalue weighted by Gasteiger charge is 2.16. The molecule has 1 rings (SSSR count). The van der Waals surface area contributed by atoms with E-state index in [1.807, 2.05) is 13.8 Å². The lowest BCUT2D eigenvalue weighted by Crippen LogP contribution is -2.13. The van der Waals surface area contributed by atoms with Gasteiger partial charge in [-0.15, -0.1) is 0 Å². The molecule has 5 nitrogen and oxygen atoms in total. The molecule has 0 saturated carbocycles. The zero-order valence-electron chi connectivity index (χ0n) is 11.3. The monoisotopic (exact) mass is 317 g/mol. The van der Waals surface area contributed by atoms with Crippen LogP contribution >= 0.6 is 15.9 Å². The van der Waals surface area contributed by atoms with Crippen LogP contribution in [0, 0.1) is 0 Å². The maximum absolute atomic E-state index is 5.16. The van der Waals surface area contributed by atoms with Crippen LogP contribution in [0.2, 0.25) is 0 Å². The van der Waals surface area contributed by atoms with Gasteiger partial charge in [0.05, 0.1) is 23.4 Å². The molecule has 18 heavy (non-hydrogen) atoms. The van der Waals surface area contributed by atoms with Crippen molar-refractivity contribution in [3.63, 3.8) is 0 Å². The van der Waals surface area contributed by atoms with Gasteiger partial charge in [-0.05, 0) is 22.9 Å². The number of hydrogen-bond acceptors (Lipinski definition) is 5. The highest BCUT2D eigenvalue weighted by Crippen LogP contribution is 2.26. The van der Waals surface area contributed by atoms with Crippen LogP contribution in [0.4, 0.5) is 5.82 Å². The fourth-order valence-electron chi connectivity index (χ4n) is 1.57. The summed E-state index contributed by atoms with van der Waals surface area (Å²) in [7, 11) is 3.33. The molecule has 0 bridgehead atoms. The lowest BCUT2D eigenvalue weighted by atomic mass is 10.2. The van der Waals surface area contributed by atoms with Crippen LogP contribution in [0.3, 0.4) is 0 Å². The predicted octanol–water partition coefficient (Wildman–Crippen LogP) is 2.57. The third-order valence-electron chi connectivity index (χ3n) is 2.42. The number of anilines is 1. The van der Waals surface area contributed by atoms with Gasteiger partial charge in [-0.25, -0.2) is 9.97 Å². The minimum absolute atomic E-state index is 0.149. The Hall–Kier alpha value is -0.720. The van der Waals surface area contributed by atoms with Crippen molar-refractivity contribution in [2.75, 3.05) is 32.7 Å². The van der Waals surface area contributed by atoms with Crippen molar-refractivity contribution >= 4 is 21.7 Å². The van der Waals surface area contributed by atoms with Crippen molar-refractivity contribution in [1.82, 2.24) is 9.97 Å². The number of aromatic nitrogens is 2. The summed E-state index contributed by atoms with van der Waals surface area (Å²) in [5.41, 5.74) is 0.849. The van der Waals surface area contributed by atoms with Gasteiger partial charge in [0.25, 0.3) is 0 Å². The molecule has 1 aromatic heterocycles. The van der Waals surface area contributed by atoms with Crippen LogP contribution in [0.15, 0.2) is 4.47 Å². The van der Waals surface area contributed by atoms with Gasteiger partial charge < -0.3 is 14.8 Å². The first kappa shape index (κ1) is 15.3. The summed E-state index contributed by atoms with van der Waals surface area (Å²) in [4.78, 5) is 9.04. The third kappa shape index (κ3) is 3.90. The quantitative estimate of drug-likeness (QED) is 0.837. The van der Waals surface area contributed by atoms with Crippen molar-refractivity contribution in [2.24, 2.45) is 0 Å². The van der Waals surface area contributed by atoms with E-state index in [1.165, 1.54) is 0 Å². The van der Waals surface area contributed by atoms with Crippen LogP contribution in [-0.2, 0) is 16.1 Å². The first-order chi connectivity index (χ1) is 8.63. The lowest BCUT2D eigenvalue weighted by molar-refractivity contribution is 0.175. The molecule has 1 atom stereocenters. The summed E-state index contributed by atoms with van der Waals surface area (Å²) in [5.74, 6) is 1.72. The molecular formula is C12H20BrN3O2. The molecule has 0 spiro atoms. The number of hydrogen-bond donors (Lipinski definition) is 1. The maximum Gasteiger partial charge on any atom is 0.144 e. The van der Waals surface area contributed by atoms with Crippen molar-refractivity contribution in [2.45, 2.75) is 26.4 Å². The summed E-state index contributed by atoms with van der Waals surface area (Å²) in [6.07, 6.45) is 0. The standard InChI is InChI=1S/C12H20BrN3O2/c1-5-14-12-10(13)9(7-18-4)15-11(16-12)8(2)6-17-3/h8H,5-7H2,1-4H3,(H,14,15,16). The van der Waals surface area contributed by atoms with Gasteiger partial charge in [-0.1, -0.05) is 6.92 Å². The second-order valence-corrected chi connectivity index (χ2v) is 4.80. The number of rotatable bonds is 7. The second-order valence-electron chi connectivity index (χ2n) is 4.01. The summed E-state index contributed by atoms with van der Waals surface area (Å²) < 4.78 is 11.2. The Bertz CT molecular complexity index is 361. The fourth-order valence-corrected chi connectivity index (χ4v) is 2.01. The average molecular weight is 318 g/mol. The Labute approximate surface area is 116 Å². The highest BCUT2D eigenvalue weighted by atomic mass is 79.9. The number of halogens is 1. The number of nitrogens with zero attached hydrogens (tertiary/aromatic N) is 2. The predicted molar refractivity (Wildman–Crippen MR) is 74.9 cm³/mol. The van der Waals surface area contributed by atoms with Crippen LogP contribution in [-0.4, -0.2) is 37.3 Å². The molecule has 1 N–H and O–H groups in total. The molecule has 0 aliphatic carbocycles. The molecule has 0 fully saturated rings. The van der Waals surface area contributed by atoms with Crippen molar-refractivity contribution in [3.05, 3.63) is 16.0 Å². The summed E-state index contributed by atoms with van der Waals surface area (Å²) in [6.45, 7) is 5.93. The van der Waals surface area contributed by atoms with Gasteiger partial charge in [0.15, 0.2) is 0 Å². The molecule has 0 aliphatic rings. The molecular weight excluding hydrogens is 298 g/mol. The van der Waals surface area contributed by atoms with Gasteiger partial charge in [-0.3, -0.25) is 0 Å². The van der Waals surface area contributed by atoms with Gasteiger partial charge in [0.1, 0.15) is 11.6 Å². The zero-order valence-corrected chi connectivity index (χ0v) is 12.9. The minimum Gasteiger partial charge on any atom is -0.384 e. The molecule has 102 valence electrons. The van der Waals surface area contributed by atoms with E-state index in [0.29, 0.717) is 13.2 Å². The molecule has 6 heteroatoms. The van der Waals surface area contributed by atoms with Crippen molar-refractivity contribution in [1.29, 1.82) is 0 Å². The topological polar surface area (TPSA) is 56.3 Å². The first-order valence-corrected chi connectivity index (χ1v) is 6.71. The Kier molecular flexibility index (Phi) is 6.52. The van der Waals surface area contributed by atoms with E-state index >= 15 is 0 Å². The fraction of sp³-hybridized carbons (Fsp3) is 0.667. The second kappa shape index (κ2) is 7.66. The molecule has 0 aliphatic heterocycles. The Morgan fingerprint density at radius 3 is 2.56 bits per heavy atom. The Morgan fingerprint density at radius 1 is 1.28 bits per heavy atom. The zero-order chi connectivity index (χ0) is 13.5. The minimum atomic E-state index is 0.149. The third-order valence-corrected chi connectivity index (χ3v) is 3.25. The van der Waals surface area contributed by atoms with E-state index in [4.69, 9.17) is 9.47 Å². The molecule has 1 aromatic rings. The Morgan fingerprint density at radius 2 is 2.00 bits per heavy atom. The smallest absolute Gasteiger partial charge is 0.144 e. The molecule has 0 aromatic carbocycles. The van der Waals surface area contributed by atoms with E-state index in [1.54, 1.807) is 14.2 Å². The lowest BCUT2D eigenvalue weighted by Gasteiger charge is -2.15. The molecule has 0 saturated heterocycles. The highest BCUT2D eigenvalue weighted by molar-refractivity contribution is 9.10. The maximum atomic E-state index is 5.16. The van der Waals surface area contributed by atoms with Gasteiger partial charge >= 0.3 is 0 Å². The van der Waals surface area contributed by atoms with Crippen molar-refractivity contribution < 1.29 is 9.47 Å². The summed E-state index contributed by atoms with van der Waals surface area (Å²) >= 11 is 3.51. The van der Waals surface area contributed by atoms with Gasteiger partial charge in [0, 0.05) is 26.7 Å². The summed E-state index contributed by atoms with van der Waals surface area (Å²) in [6, 6.07) is 0. The molecule has 1 unspecified atom stereocenters. The Balaban J connectivity index is 3.10. The molecule has 1 heterocycles.